The second kappa shape index (κ2) is 5.87. The topological polar surface area (TPSA) is 75.0 Å². The maximum Gasteiger partial charge on any atom is 0.257 e. The number of rotatable bonds is 3. The molecule has 3 heterocycles. The van der Waals surface area contributed by atoms with Gasteiger partial charge in [-0.15, -0.1) is 0 Å². The minimum atomic E-state index is -0.0540. The lowest BCUT2D eigenvalue weighted by Gasteiger charge is -2.35. The summed E-state index contributed by atoms with van der Waals surface area (Å²) in [6, 6.07) is 1.74. The van der Waals surface area contributed by atoms with Crippen LogP contribution < -0.4 is 5.32 Å². The van der Waals surface area contributed by atoms with Crippen molar-refractivity contribution in [3.8, 4) is 0 Å². The molecule has 0 unspecified atom stereocenters. The van der Waals surface area contributed by atoms with Crippen LogP contribution in [0.2, 0.25) is 0 Å². The largest absolute Gasteiger partial charge is 0.472 e. The number of hydrogen-bond acceptors (Lipinski definition) is 5. The Bertz CT molecular complexity index is 516. The van der Waals surface area contributed by atoms with Gasteiger partial charge in [0.15, 0.2) is 0 Å². The van der Waals surface area contributed by atoms with Gasteiger partial charge < -0.3 is 19.4 Å². The number of likely N-dealkylation sites (N-methyl/N-ethyl adjacent to an activating group) is 1. The number of ether oxygens (including phenoxy) is 1. The van der Waals surface area contributed by atoms with Crippen molar-refractivity contribution in [1.82, 2.24) is 15.1 Å². The second-order valence-electron chi connectivity index (χ2n) is 5.34. The predicted molar refractivity (Wildman–Crippen MR) is 73.8 cm³/mol. The van der Waals surface area contributed by atoms with Crippen LogP contribution in [0.25, 0.3) is 0 Å². The molecule has 7 heteroatoms. The monoisotopic (exact) mass is 293 g/mol. The molecule has 2 aliphatic heterocycles. The highest BCUT2D eigenvalue weighted by Gasteiger charge is 2.42. The maximum absolute atomic E-state index is 12.3. The van der Waals surface area contributed by atoms with E-state index >= 15 is 0 Å². The Morgan fingerprint density at radius 3 is 3.00 bits per heavy atom. The number of furan rings is 1. The second-order valence-corrected chi connectivity index (χ2v) is 5.34. The molecule has 21 heavy (non-hydrogen) atoms. The number of carbonyl (C=O) groups excluding carboxylic acids is 2. The van der Waals surface area contributed by atoms with Crippen LogP contribution >= 0.6 is 0 Å². The van der Waals surface area contributed by atoms with Crippen LogP contribution in [0.1, 0.15) is 10.4 Å². The molecule has 1 aromatic rings. The summed E-state index contributed by atoms with van der Waals surface area (Å²) in [7, 11) is 1.63. The average molecular weight is 293 g/mol. The Kier molecular flexibility index (Phi) is 3.94. The van der Waals surface area contributed by atoms with Gasteiger partial charge in [0.25, 0.3) is 5.91 Å². The predicted octanol–water partition coefficient (Wildman–Crippen LogP) is -0.449. The van der Waals surface area contributed by atoms with E-state index in [-0.39, 0.29) is 24.0 Å². The van der Waals surface area contributed by atoms with Gasteiger partial charge in [0.1, 0.15) is 6.26 Å². The summed E-state index contributed by atoms with van der Waals surface area (Å²) in [6.07, 6.45) is 2.91. The van der Waals surface area contributed by atoms with Gasteiger partial charge in [-0.2, -0.15) is 0 Å². The first-order chi connectivity index (χ1) is 10.2. The fourth-order valence-corrected chi connectivity index (χ4v) is 2.95. The lowest BCUT2D eigenvalue weighted by Crippen LogP contribution is -2.53. The molecule has 0 radical (unpaired) electrons. The molecule has 7 nitrogen and oxygen atoms in total. The third-order valence-corrected chi connectivity index (χ3v) is 4.10. The molecular formula is C14H19N3O4. The van der Waals surface area contributed by atoms with Gasteiger partial charge in [0.05, 0.1) is 37.1 Å². The lowest BCUT2D eigenvalue weighted by atomic mass is 10.1. The quantitative estimate of drug-likeness (QED) is 0.817. The summed E-state index contributed by atoms with van der Waals surface area (Å²) in [5.74, 6) is -0.0723. The van der Waals surface area contributed by atoms with E-state index in [4.69, 9.17) is 9.15 Å². The Morgan fingerprint density at radius 2 is 2.29 bits per heavy atom. The number of hydrogen-bond donors (Lipinski definition) is 1. The number of nitrogens with zero attached hydrogens (tertiary/aromatic N) is 2. The molecule has 2 fully saturated rings. The van der Waals surface area contributed by atoms with Gasteiger partial charge in [0, 0.05) is 26.7 Å². The molecule has 0 bridgehead atoms. The van der Waals surface area contributed by atoms with Gasteiger partial charge >= 0.3 is 0 Å². The van der Waals surface area contributed by atoms with Gasteiger partial charge in [-0.3, -0.25) is 14.5 Å². The van der Waals surface area contributed by atoms with E-state index in [9.17, 15) is 9.59 Å². The van der Waals surface area contributed by atoms with Crippen LogP contribution in [0.4, 0.5) is 0 Å². The summed E-state index contributed by atoms with van der Waals surface area (Å²) >= 11 is 0. The van der Waals surface area contributed by atoms with Crippen molar-refractivity contribution in [1.29, 1.82) is 0 Å². The molecule has 0 spiro atoms. The summed E-state index contributed by atoms with van der Waals surface area (Å²) in [6.45, 7) is 2.77. The maximum atomic E-state index is 12.3. The van der Waals surface area contributed by atoms with Crippen LogP contribution in [0.15, 0.2) is 23.0 Å². The highest BCUT2D eigenvalue weighted by molar-refractivity contribution is 5.94. The molecule has 1 aromatic heterocycles. The summed E-state index contributed by atoms with van der Waals surface area (Å²) in [4.78, 5) is 27.8. The molecule has 0 aromatic carbocycles. The van der Waals surface area contributed by atoms with Crippen molar-refractivity contribution < 1.29 is 18.7 Å². The minimum Gasteiger partial charge on any atom is -0.472 e. The van der Waals surface area contributed by atoms with Crippen molar-refractivity contribution in [3.05, 3.63) is 24.2 Å². The van der Waals surface area contributed by atoms with Crippen LogP contribution in [0.5, 0.6) is 0 Å². The van der Waals surface area contributed by atoms with E-state index in [2.05, 4.69) is 10.2 Å². The number of fused-ring (bicyclic) bond motifs is 1. The average Bonchev–Trinajstić information content (AvgIpc) is 3.16. The molecule has 0 aliphatic carbocycles. The first-order valence-electron chi connectivity index (χ1n) is 7.06. The molecule has 2 amide bonds. The number of morpholine rings is 1. The van der Waals surface area contributed by atoms with Gasteiger partial charge in [-0.05, 0) is 6.07 Å². The number of likely N-dealkylation sites (tertiary alicyclic amines) is 1. The first kappa shape index (κ1) is 14.1. The Balaban J connectivity index is 1.68. The number of carbonyl (C=O) groups is 2. The minimum absolute atomic E-state index is 0.0183. The Hall–Kier alpha value is -1.86. The van der Waals surface area contributed by atoms with Gasteiger partial charge in [-0.1, -0.05) is 0 Å². The van der Waals surface area contributed by atoms with Crippen LogP contribution in [-0.2, 0) is 9.53 Å². The van der Waals surface area contributed by atoms with Gasteiger partial charge in [0.2, 0.25) is 5.91 Å². The fraction of sp³-hybridized carbons (Fsp3) is 0.571. The van der Waals surface area contributed by atoms with Crippen molar-refractivity contribution in [2.24, 2.45) is 0 Å². The lowest BCUT2D eigenvalue weighted by molar-refractivity contribution is -0.125. The molecule has 3 rings (SSSR count). The van der Waals surface area contributed by atoms with E-state index in [0.29, 0.717) is 38.3 Å². The smallest absolute Gasteiger partial charge is 0.257 e. The van der Waals surface area contributed by atoms with E-state index in [1.807, 2.05) is 0 Å². The zero-order valence-electron chi connectivity index (χ0n) is 11.9. The SMILES string of the molecule is CNC(=O)CN1CCO[C@@H]2CN(C(=O)c3ccoc3)C[C@@H]21. The van der Waals surface area contributed by atoms with Crippen LogP contribution in [0.3, 0.4) is 0 Å². The molecule has 2 saturated heterocycles. The molecular weight excluding hydrogens is 274 g/mol. The molecule has 1 N–H and O–H groups in total. The van der Waals surface area contributed by atoms with Crippen molar-refractivity contribution in [2.45, 2.75) is 12.1 Å². The summed E-state index contributed by atoms with van der Waals surface area (Å²) in [5, 5.41) is 2.63. The number of amides is 2. The molecule has 114 valence electrons. The van der Waals surface area contributed by atoms with E-state index in [1.54, 1.807) is 18.0 Å². The van der Waals surface area contributed by atoms with E-state index in [0.717, 1.165) is 0 Å². The van der Waals surface area contributed by atoms with E-state index in [1.165, 1.54) is 12.5 Å². The van der Waals surface area contributed by atoms with Crippen molar-refractivity contribution >= 4 is 11.8 Å². The Labute approximate surface area is 122 Å². The zero-order chi connectivity index (χ0) is 14.8. The summed E-state index contributed by atoms with van der Waals surface area (Å²) < 4.78 is 10.7. The standard InChI is InChI=1S/C14H19N3O4/c1-15-13(18)8-16-3-5-21-12-7-17(6-11(12)16)14(19)10-2-4-20-9-10/h2,4,9,11-12H,3,5-8H2,1H3,(H,15,18)/t11-,12+/m0/s1. The zero-order valence-corrected chi connectivity index (χ0v) is 11.9. The highest BCUT2D eigenvalue weighted by atomic mass is 16.5. The fourth-order valence-electron chi connectivity index (χ4n) is 2.95. The molecule has 0 saturated carbocycles. The summed E-state index contributed by atoms with van der Waals surface area (Å²) in [5.41, 5.74) is 0.548. The first-order valence-corrected chi connectivity index (χ1v) is 7.06. The molecule has 2 aliphatic rings. The van der Waals surface area contributed by atoms with E-state index < -0.39 is 0 Å². The third-order valence-electron chi connectivity index (χ3n) is 4.10. The highest BCUT2D eigenvalue weighted by Crippen LogP contribution is 2.24. The normalized spacial score (nSPS) is 25.7. The van der Waals surface area contributed by atoms with Crippen molar-refractivity contribution in [3.63, 3.8) is 0 Å². The Morgan fingerprint density at radius 1 is 1.43 bits per heavy atom. The van der Waals surface area contributed by atoms with Crippen LogP contribution in [-0.4, -0.2) is 73.6 Å². The van der Waals surface area contributed by atoms with Crippen molar-refractivity contribution in [2.75, 3.05) is 39.8 Å². The van der Waals surface area contributed by atoms with Gasteiger partial charge in [-0.25, -0.2) is 0 Å². The third kappa shape index (κ3) is 2.79. The molecule has 2 atom stereocenters. The number of nitrogens with one attached hydrogen (secondary N) is 1. The van der Waals surface area contributed by atoms with Crippen LogP contribution in [0, 0.1) is 0 Å².